The molecule has 0 aliphatic rings. The Morgan fingerprint density at radius 1 is 0.714 bits per heavy atom. The average molecular weight is 554 g/mol. The van der Waals surface area contributed by atoms with E-state index in [-0.39, 0.29) is 10.8 Å². The van der Waals surface area contributed by atoms with Crippen LogP contribution in [0, 0.1) is 17.8 Å². The van der Waals surface area contributed by atoms with E-state index >= 15 is 0 Å². The summed E-state index contributed by atoms with van der Waals surface area (Å²) < 4.78 is 5.02. The van der Waals surface area contributed by atoms with E-state index in [1.54, 1.807) is 0 Å². The number of hydrogen-bond donors (Lipinski definition) is 0. The van der Waals surface area contributed by atoms with Gasteiger partial charge in [0.05, 0.1) is 27.3 Å². The van der Waals surface area contributed by atoms with Crippen molar-refractivity contribution in [3.05, 3.63) is 83.0 Å². The molecule has 0 unspecified atom stereocenters. The lowest BCUT2D eigenvalue weighted by Gasteiger charge is -2.25. The second kappa shape index (κ2) is 8.93. The van der Waals surface area contributed by atoms with Gasteiger partial charge in [-0.15, -0.1) is 0 Å². The Bertz CT molecular complexity index is 2190. The van der Waals surface area contributed by atoms with Crippen molar-refractivity contribution in [1.29, 1.82) is 0 Å². The molecule has 3 heterocycles. The number of pyridine rings is 2. The molecule has 0 saturated carbocycles. The lowest BCUT2D eigenvalue weighted by atomic mass is 9.81. The summed E-state index contributed by atoms with van der Waals surface area (Å²) in [4.78, 5) is 0. The van der Waals surface area contributed by atoms with E-state index < -0.39 is 0 Å². The Labute approximate surface area is 250 Å². The molecule has 2 nitrogen and oxygen atoms in total. The van der Waals surface area contributed by atoms with Crippen molar-refractivity contribution in [3.63, 3.8) is 0 Å². The van der Waals surface area contributed by atoms with Crippen LogP contribution in [0.15, 0.2) is 60.8 Å². The first-order valence-electron chi connectivity index (χ1n) is 15.7. The van der Waals surface area contributed by atoms with E-state index in [1.165, 1.54) is 82.0 Å². The lowest BCUT2D eigenvalue weighted by molar-refractivity contribution is -0.643. The van der Waals surface area contributed by atoms with E-state index in [9.17, 15) is 0 Å². The van der Waals surface area contributed by atoms with Gasteiger partial charge in [0.2, 0.25) is 5.52 Å². The molecule has 7 aromatic rings. The van der Waals surface area contributed by atoms with Crippen molar-refractivity contribution in [3.8, 4) is 0 Å². The highest BCUT2D eigenvalue weighted by atomic mass is 15.0. The Balaban J connectivity index is 1.80. The van der Waals surface area contributed by atoms with Crippen molar-refractivity contribution in [2.75, 3.05) is 0 Å². The summed E-state index contributed by atoms with van der Waals surface area (Å²) in [7, 11) is 2.23. The first-order valence-corrected chi connectivity index (χ1v) is 15.7. The minimum Gasteiger partial charge on any atom is -0.307 e. The molecule has 3 aromatic heterocycles. The van der Waals surface area contributed by atoms with Gasteiger partial charge in [0.25, 0.3) is 0 Å². The van der Waals surface area contributed by atoms with Gasteiger partial charge in [0.15, 0.2) is 6.20 Å². The number of nitrogens with zero attached hydrogens (tertiary/aromatic N) is 2. The molecule has 0 spiro atoms. The van der Waals surface area contributed by atoms with Crippen LogP contribution in [0.5, 0.6) is 0 Å². The highest BCUT2D eigenvalue weighted by molar-refractivity contribution is 6.29. The summed E-state index contributed by atoms with van der Waals surface area (Å²) in [5.41, 5.74) is 11.5. The molecule has 0 fully saturated rings. The summed E-state index contributed by atoms with van der Waals surface area (Å²) in [5, 5.41) is 9.62. The number of benzene rings is 4. The fraction of sp³-hybridized carbons (Fsp3) is 0.375. The monoisotopic (exact) mass is 553 g/mol. The topological polar surface area (TPSA) is 8.29 Å². The second-order valence-electron chi connectivity index (χ2n) is 15.6. The molecule has 0 saturated heterocycles. The minimum atomic E-state index is 0.137. The SMILES string of the molecule is Cc1c2cc(CC(C)(C)C)ccc2c(CC(C)(C)C)c2c1c1c3c(ccc4c5cc(C(C)C)ccc5n2c43)cc[n+]1C. The second-order valence-corrected chi connectivity index (χ2v) is 15.6. The summed E-state index contributed by atoms with van der Waals surface area (Å²) in [5.74, 6) is 0.490. The van der Waals surface area contributed by atoms with E-state index in [4.69, 9.17) is 0 Å². The third-order valence-electron chi connectivity index (χ3n) is 9.33. The number of hydrogen-bond acceptors (Lipinski definition) is 0. The van der Waals surface area contributed by atoms with Gasteiger partial charge in [-0.3, -0.25) is 0 Å². The van der Waals surface area contributed by atoms with Crippen molar-refractivity contribution in [2.24, 2.45) is 17.9 Å². The quantitative estimate of drug-likeness (QED) is 0.117. The van der Waals surface area contributed by atoms with Crippen LogP contribution in [0.2, 0.25) is 0 Å². The normalized spacial score (nSPS) is 13.4. The van der Waals surface area contributed by atoms with Gasteiger partial charge in [-0.05, 0) is 87.1 Å². The summed E-state index contributed by atoms with van der Waals surface area (Å²) in [6.45, 7) is 21.1. The van der Waals surface area contributed by atoms with E-state index in [2.05, 4.69) is 139 Å². The van der Waals surface area contributed by atoms with Crippen molar-refractivity contribution in [1.82, 2.24) is 4.40 Å². The molecule has 214 valence electrons. The van der Waals surface area contributed by atoms with Gasteiger partial charge in [-0.25, -0.2) is 4.57 Å². The summed E-state index contributed by atoms with van der Waals surface area (Å²) >= 11 is 0. The van der Waals surface area contributed by atoms with Crippen LogP contribution in [0.1, 0.15) is 83.6 Å². The maximum Gasteiger partial charge on any atom is 0.224 e. The molecule has 0 atom stereocenters. The van der Waals surface area contributed by atoms with E-state index in [0.717, 1.165) is 12.8 Å². The summed E-state index contributed by atoms with van der Waals surface area (Å²) in [6.07, 6.45) is 4.34. The highest BCUT2D eigenvalue weighted by Gasteiger charge is 2.29. The fourth-order valence-electron chi connectivity index (χ4n) is 7.59. The van der Waals surface area contributed by atoms with E-state index in [0.29, 0.717) is 5.92 Å². The third-order valence-corrected chi connectivity index (χ3v) is 9.33. The third kappa shape index (κ3) is 4.02. The van der Waals surface area contributed by atoms with Crippen LogP contribution in [-0.2, 0) is 19.9 Å². The molecule has 7 rings (SSSR count). The molecular weight excluding hydrogens is 508 g/mol. The molecule has 42 heavy (non-hydrogen) atoms. The Hall–Kier alpha value is -3.65. The molecule has 0 aliphatic heterocycles. The van der Waals surface area contributed by atoms with Crippen LogP contribution in [0.25, 0.3) is 59.8 Å². The number of aromatic nitrogens is 2. The molecular formula is C40H45N2+. The zero-order valence-electron chi connectivity index (χ0n) is 27.2. The van der Waals surface area contributed by atoms with Gasteiger partial charge in [0.1, 0.15) is 7.05 Å². The average Bonchev–Trinajstić information content (AvgIpc) is 3.23. The predicted octanol–water partition coefficient (Wildman–Crippen LogP) is 10.6. The lowest BCUT2D eigenvalue weighted by Crippen LogP contribution is -2.29. The van der Waals surface area contributed by atoms with Gasteiger partial charge < -0.3 is 4.40 Å². The highest BCUT2D eigenvalue weighted by Crippen LogP contribution is 2.45. The predicted molar refractivity (Wildman–Crippen MR) is 182 cm³/mol. The minimum absolute atomic E-state index is 0.137. The Morgan fingerprint density at radius 3 is 2.12 bits per heavy atom. The Morgan fingerprint density at radius 2 is 1.43 bits per heavy atom. The largest absolute Gasteiger partial charge is 0.307 e. The van der Waals surface area contributed by atoms with E-state index in [1.807, 2.05) is 0 Å². The van der Waals surface area contributed by atoms with Crippen LogP contribution in [0.3, 0.4) is 0 Å². The van der Waals surface area contributed by atoms with Crippen LogP contribution in [0.4, 0.5) is 0 Å². The summed E-state index contributed by atoms with van der Waals surface area (Å²) in [6, 6.07) is 21.5. The molecule has 0 bridgehead atoms. The maximum atomic E-state index is 2.65. The van der Waals surface area contributed by atoms with Crippen LogP contribution in [-0.4, -0.2) is 4.40 Å². The Kier molecular flexibility index (Phi) is 5.78. The standard InChI is InChI=1S/C40H45N2/c1-23(2)27-13-16-33-31(20-27)29-15-12-26-17-18-41(10)38-34-24(3)30-19-25(21-39(4,5)6)11-14-28(30)32(22-40(7,8)9)37(34)42(33)36(29)35(26)38/h11-20,23H,21-22H2,1-10H3/q+1. The molecule has 4 aromatic carbocycles. The zero-order valence-corrected chi connectivity index (χ0v) is 27.2. The smallest absolute Gasteiger partial charge is 0.224 e. The number of aryl methyl sites for hydroxylation is 2. The maximum absolute atomic E-state index is 2.65. The molecule has 0 amide bonds. The van der Waals surface area contributed by atoms with Gasteiger partial charge in [-0.1, -0.05) is 91.8 Å². The first kappa shape index (κ1) is 27.2. The number of fused-ring (bicyclic) bond motifs is 7. The van der Waals surface area contributed by atoms with Gasteiger partial charge >= 0.3 is 0 Å². The molecule has 0 N–H and O–H groups in total. The van der Waals surface area contributed by atoms with Crippen molar-refractivity contribution < 1.29 is 4.57 Å². The fourth-order valence-corrected chi connectivity index (χ4v) is 7.59. The van der Waals surface area contributed by atoms with Crippen molar-refractivity contribution in [2.45, 2.75) is 81.1 Å². The zero-order chi connectivity index (χ0) is 29.9. The van der Waals surface area contributed by atoms with Crippen LogP contribution >= 0.6 is 0 Å². The van der Waals surface area contributed by atoms with Gasteiger partial charge in [-0.2, -0.15) is 0 Å². The van der Waals surface area contributed by atoms with Crippen LogP contribution < -0.4 is 4.57 Å². The van der Waals surface area contributed by atoms with Crippen molar-refractivity contribution >= 4 is 59.8 Å². The first-order chi connectivity index (χ1) is 19.7. The molecule has 2 heteroatoms. The molecule has 0 radical (unpaired) electrons. The molecule has 0 aliphatic carbocycles. The number of rotatable bonds is 3. The van der Waals surface area contributed by atoms with Gasteiger partial charge in [0, 0.05) is 16.8 Å².